The SMILES string of the molecule is O=C(O)c1ccc(C(=O)O)cc1.Oc1cccc(O)c1.Oc1cccc(O)c1. The van der Waals surface area contributed by atoms with E-state index in [2.05, 4.69) is 0 Å². The van der Waals surface area contributed by atoms with Crippen molar-refractivity contribution in [3.63, 3.8) is 0 Å². The van der Waals surface area contributed by atoms with Crippen molar-refractivity contribution in [1.29, 1.82) is 0 Å². The number of phenolic OH excluding ortho intramolecular Hbond substituents is 4. The van der Waals surface area contributed by atoms with Crippen LogP contribution in [-0.2, 0) is 0 Å². The molecule has 0 saturated carbocycles. The fourth-order valence-electron chi connectivity index (χ4n) is 1.74. The highest BCUT2D eigenvalue weighted by molar-refractivity contribution is 5.91. The van der Waals surface area contributed by atoms with Gasteiger partial charge in [-0.1, -0.05) is 12.1 Å². The molecule has 0 aliphatic heterocycles. The molecular weight excluding hydrogens is 368 g/mol. The molecule has 28 heavy (non-hydrogen) atoms. The molecular formula is C20H18O8. The first-order valence-corrected chi connectivity index (χ1v) is 7.71. The summed E-state index contributed by atoms with van der Waals surface area (Å²) < 4.78 is 0. The van der Waals surface area contributed by atoms with Gasteiger partial charge in [0.1, 0.15) is 23.0 Å². The molecule has 0 saturated heterocycles. The Balaban J connectivity index is 0.000000217. The second-order valence-electron chi connectivity index (χ2n) is 5.23. The lowest BCUT2D eigenvalue weighted by molar-refractivity contribution is 0.0681. The number of hydrogen-bond donors (Lipinski definition) is 6. The summed E-state index contributed by atoms with van der Waals surface area (Å²) in [6.45, 7) is 0. The summed E-state index contributed by atoms with van der Waals surface area (Å²) >= 11 is 0. The molecule has 0 spiro atoms. The van der Waals surface area contributed by atoms with Crippen LogP contribution < -0.4 is 0 Å². The maximum Gasteiger partial charge on any atom is 0.335 e. The van der Waals surface area contributed by atoms with Crippen LogP contribution in [0.3, 0.4) is 0 Å². The average Bonchev–Trinajstić information content (AvgIpc) is 2.62. The van der Waals surface area contributed by atoms with Gasteiger partial charge in [-0.3, -0.25) is 0 Å². The van der Waals surface area contributed by atoms with Crippen molar-refractivity contribution in [2.45, 2.75) is 0 Å². The van der Waals surface area contributed by atoms with Gasteiger partial charge in [-0.15, -0.1) is 0 Å². The van der Waals surface area contributed by atoms with E-state index in [0.717, 1.165) is 0 Å². The minimum absolute atomic E-state index is 0.0833. The topological polar surface area (TPSA) is 156 Å². The number of aromatic hydroxyl groups is 4. The number of carboxylic acids is 2. The fourth-order valence-corrected chi connectivity index (χ4v) is 1.74. The van der Waals surface area contributed by atoms with E-state index in [1.807, 2.05) is 0 Å². The molecule has 6 N–H and O–H groups in total. The molecule has 8 nitrogen and oxygen atoms in total. The summed E-state index contributed by atoms with van der Waals surface area (Å²) in [5, 5.41) is 51.5. The number of carbonyl (C=O) groups is 2. The molecule has 3 rings (SSSR count). The lowest BCUT2D eigenvalue weighted by atomic mass is 10.1. The maximum atomic E-state index is 10.3. The highest BCUT2D eigenvalue weighted by atomic mass is 16.4. The van der Waals surface area contributed by atoms with Crippen LogP contribution in [0, 0.1) is 0 Å². The molecule has 0 aromatic heterocycles. The van der Waals surface area contributed by atoms with E-state index in [1.54, 1.807) is 12.1 Å². The number of rotatable bonds is 2. The van der Waals surface area contributed by atoms with Crippen LogP contribution in [0.4, 0.5) is 0 Å². The normalized spacial score (nSPS) is 9.14. The number of aromatic carboxylic acids is 2. The third kappa shape index (κ3) is 8.26. The van der Waals surface area contributed by atoms with E-state index in [-0.39, 0.29) is 34.1 Å². The Hall–Kier alpha value is -4.20. The smallest absolute Gasteiger partial charge is 0.335 e. The zero-order valence-corrected chi connectivity index (χ0v) is 14.4. The second-order valence-corrected chi connectivity index (χ2v) is 5.23. The molecule has 0 aliphatic carbocycles. The summed E-state index contributed by atoms with van der Waals surface area (Å²) in [5.41, 5.74) is 0.167. The summed E-state index contributed by atoms with van der Waals surface area (Å²) in [4.78, 5) is 20.7. The van der Waals surface area contributed by atoms with E-state index < -0.39 is 11.9 Å². The zero-order valence-electron chi connectivity index (χ0n) is 14.4. The molecule has 0 heterocycles. The first-order valence-electron chi connectivity index (χ1n) is 7.71. The van der Waals surface area contributed by atoms with Crippen LogP contribution in [0.15, 0.2) is 72.8 Å². The van der Waals surface area contributed by atoms with E-state index in [4.69, 9.17) is 30.6 Å². The lowest BCUT2D eigenvalue weighted by Gasteiger charge is -1.94. The van der Waals surface area contributed by atoms with Crippen molar-refractivity contribution in [3.8, 4) is 23.0 Å². The Kier molecular flexibility index (Phi) is 8.36. The van der Waals surface area contributed by atoms with Gasteiger partial charge in [0.15, 0.2) is 0 Å². The zero-order chi connectivity index (χ0) is 21.1. The minimum atomic E-state index is -1.06. The van der Waals surface area contributed by atoms with Crippen molar-refractivity contribution in [3.05, 3.63) is 83.9 Å². The Morgan fingerprint density at radius 3 is 0.893 bits per heavy atom. The third-order valence-corrected chi connectivity index (χ3v) is 3.04. The van der Waals surface area contributed by atoms with Crippen molar-refractivity contribution < 1.29 is 40.2 Å². The second kappa shape index (κ2) is 10.7. The van der Waals surface area contributed by atoms with E-state index in [0.29, 0.717) is 0 Å². The molecule has 3 aromatic rings. The quantitative estimate of drug-likeness (QED) is 0.392. The van der Waals surface area contributed by atoms with E-state index >= 15 is 0 Å². The van der Waals surface area contributed by atoms with Crippen LogP contribution in [-0.4, -0.2) is 42.6 Å². The first kappa shape index (κ1) is 21.8. The minimum Gasteiger partial charge on any atom is -0.508 e. The van der Waals surface area contributed by atoms with Gasteiger partial charge in [-0.2, -0.15) is 0 Å². The van der Waals surface area contributed by atoms with Gasteiger partial charge in [0.25, 0.3) is 0 Å². The molecule has 0 unspecified atom stereocenters. The fraction of sp³-hybridized carbons (Fsp3) is 0. The number of hydrogen-bond acceptors (Lipinski definition) is 6. The molecule has 0 radical (unpaired) electrons. The van der Waals surface area contributed by atoms with Crippen molar-refractivity contribution in [2.24, 2.45) is 0 Å². The molecule has 146 valence electrons. The predicted octanol–water partition coefficient (Wildman–Crippen LogP) is 3.28. The molecule has 0 atom stereocenters. The predicted molar refractivity (Wildman–Crippen MR) is 99.9 cm³/mol. The highest BCUT2D eigenvalue weighted by Crippen LogP contribution is 2.15. The van der Waals surface area contributed by atoms with Crippen molar-refractivity contribution in [1.82, 2.24) is 0 Å². The molecule has 0 bridgehead atoms. The van der Waals surface area contributed by atoms with Gasteiger partial charge < -0.3 is 30.6 Å². The summed E-state index contributed by atoms with van der Waals surface area (Å²) in [6.07, 6.45) is 0. The molecule has 0 amide bonds. The molecule has 8 heteroatoms. The summed E-state index contributed by atoms with van der Waals surface area (Å²) in [7, 11) is 0. The summed E-state index contributed by atoms with van der Waals surface area (Å²) in [6, 6.07) is 16.7. The monoisotopic (exact) mass is 386 g/mol. The van der Waals surface area contributed by atoms with E-state index in [9.17, 15) is 9.59 Å². The van der Waals surface area contributed by atoms with Crippen LogP contribution in [0.1, 0.15) is 20.7 Å². The number of phenols is 4. The number of carboxylic acid groups (broad SMARTS) is 2. The van der Waals surface area contributed by atoms with Crippen LogP contribution in [0.2, 0.25) is 0 Å². The molecule has 3 aromatic carbocycles. The standard InChI is InChI=1S/C8H6O4.2C6H6O2/c9-7(10)5-1-2-6(4-3-5)8(11)12;2*7-5-2-1-3-6(8)4-5/h1-4H,(H,9,10)(H,11,12);2*1-4,7-8H. The van der Waals surface area contributed by atoms with E-state index in [1.165, 1.54) is 60.7 Å². The van der Waals surface area contributed by atoms with Crippen LogP contribution >= 0.6 is 0 Å². The molecule has 0 aliphatic rings. The average molecular weight is 386 g/mol. The van der Waals surface area contributed by atoms with Gasteiger partial charge in [0.2, 0.25) is 0 Å². The summed E-state index contributed by atoms with van der Waals surface area (Å²) in [5.74, 6) is -1.77. The third-order valence-electron chi connectivity index (χ3n) is 3.04. The van der Waals surface area contributed by atoms with Crippen molar-refractivity contribution in [2.75, 3.05) is 0 Å². The molecule has 0 fully saturated rings. The lowest BCUT2D eigenvalue weighted by Crippen LogP contribution is -1.99. The Labute approximate surface area is 159 Å². The van der Waals surface area contributed by atoms with Crippen molar-refractivity contribution >= 4 is 11.9 Å². The Morgan fingerprint density at radius 2 is 0.750 bits per heavy atom. The number of benzene rings is 3. The van der Waals surface area contributed by atoms with Gasteiger partial charge >= 0.3 is 11.9 Å². The van der Waals surface area contributed by atoms with Crippen LogP contribution in [0.5, 0.6) is 23.0 Å². The van der Waals surface area contributed by atoms with Gasteiger partial charge in [-0.05, 0) is 48.5 Å². The van der Waals surface area contributed by atoms with Crippen LogP contribution in [0.25, 0.3) is 0 Å². The van der Waals surface area contributed by atoms with Gasteiger partial charge in [-0.25, -0.2) is 9.59 Å². The van der Waals surface area contributed by atoms with Gasteiger partial charge in [0.05, 0.1) is 11.1 Å². The Bertz CT molecular complexity index is 808. The maximum absolute atomic E-state index is 10.3. The largest absolute Gasteiger partial charge is 0.508 e. The van der Waals surface area contributed by atoms with Gasteiger partial charge in [0, 0.05) is 12.1 Å². The first-order chi connectivity index (χ1) is 13.2. The Morgan fingerprint density at radius 1 is 0.500 bits per heavy atom. The highest BCUT2D eigenvalue weighted by Gasteiger charge is 2.04.